The fourth-order valence-electron chi connectivity index (χ4n) is 4.59. The van der Waals surface area contributed by atoms with Gasteiger partial charge >= 0.3 is 0 Å². The van der Waals surface area contributed by atoms with Gasteiger partial charge in [-0.25, -0.2) is 0 Å². The number of anilines is 2. The fraction of sp³-hybridized carbons (Fsp3) is 0.160. The first kappa shape index (κ1) is 19.1. The van der Waals surface area contributed by atoms with Gasteiger partial charge in [-0.1, -0.05) is 66.7 Å². The van der Waals surface area contributed by atoms with Gasteiger partial charge in [-0.05, 0) is 17.7 Å². The number of Topliss-reactive ketones (excluding diaryl/α,β-unsaturated/α-hetero) is 1. The van der Waals surface area contributed by atoms with Crippen LogP contribution < -0.4 is 10.6 Å². The lowest BCUT2D eigenvalue weighted by Gasteiger charge is -2.32. The maximum Gasteiger partial charge on any atom is 0.274 e. The van der Waals surface area contributed by atoms with Crippen molar-refractivity contribution in [2.24, 2.45) is 5.92 Å². The number of rotatable bonds is 3. The summed E-state index contributed by atoms with van der Waals surface area (Å²) in [4.78, 5) is 24.8. The van der Waals surface area contributed by atoms with Crippen LogP contribution in [0, 0.1) is 16.0 Å². The molecule has 0 spiro atoms. The van der Waals surface area contributed by atoms with Crippen molar-refractivity contribution in [3.05, 3.63) is 112 Å². The van der Waals surface area contributed by atoms with Crippen LogP contribution in [0.15, 0.2) is 90.6 Å². The maximum absolute atomic E-state index is 13.5. The maximum atomic E-state index is 13.5. The average Bonchev–Trinajstić information content (AvgIpc) is 2.96. The van der Waals surface area contributed by atoms with Crippen molar-refractivity contribution in [3.63, 3.8) is 0 Å². The normalized spacial score (nSPS) is 22.1. The second-order valence-corrected chi connectivity index (χ2v) is 7.90. The monoisotopic (exact) mass is 411 g/mol. The Morgan fingerprint density at radius 3 is 2.32 bits per heavy atom. The van der Waals surface area contributed by atoms with E-state index in [2.05, 4.69) is 16.7 Å². The molecule has 0 saturated carbocycles. The van der Waals surface area contributed by atoms with Gasteiger partial charge in [0.15, 0.2) is 0 Å². The Hall–Kier alpha value is -3.93. The number of nitro benzene ring substituents is 1. The van der Waals surface area contributed by atoms with Crippen molar-refractivity contribution >= 4 is 22.8 Å². The van der Waals surface area contributed by atoms with Crippen LogP contribution in [-0.2, 0) is 4.79 Å². The number of nitrogens with one attached hydrogen (secondary N) is 2. The van der Waals surface area contributed by atoms with Gasteiger partial charge in [-0.2, -0.15) is 0 Å². The van der Waals surface area contributed by atoms with E-state index in [-0.39, 0.29) is 22.3 Å². The minimum atomic E-state index is -0.548. The number of para-hydroxylation sites is 3. The van der Waals surface area contributed by atoms with Crippen molar-refractivity contribution < 1.29 is 9.72 Å². The zero-order valence-corrected chi connectivity index (χ0v) is 16.7. The number of hydrogen-bond acceptors (Lipinski definition) is 5. The molecule has 0 radical (unpaired) electrons. The molecular weight excluding hydrogens is 390 g/mol. The highest BCUT2D eigenvalue weighted by molar-refractivity contribution is 5.90. The molecule has 3 aromatic carbocycles. The summed E-state index contributed by atoms with van der Waals surface area (Å²) in [6.07, 6.45) is 2.46. The predicted octanol–water partition coefficient (Wildman–Crippen LogP) is 5.43. The van der Waals surface area contributed by atoms with Gasteiger partial charge in [0, 0.05) is 24.1 Å². The number of carbonyl (C=O) groups excluding carboxylic acids is 1. The summed E-state index contributed by atoms with van der Waals surface area (Å²) in [6.45, 7) is 0. The molecule has 1 aliphatic heterocycles. The van der Waals surface area contributed by atoms with E-state index in [0.717, 1.165) is 22.6 Å². The van der Waals surface area contributed by atoms with Crippen LogP contribution in [0.4, 0.5) is 17.1 Å². The highest BCUT2D eigenvalue weighted by Crippen LogP contribution is 2.45. The first-order chi connectivity index (χ1) is 15.1. The lowest BCUT2D eigenvalue weighted by molar-refractivity contribution is -0.385. The Bertz CT molecular complexity index is 1190. The molecule has 3 aromatic rings. The van der Waals surface area contributed by atoms with Crippen LogP contribution in [0.3, 0.4) is 0 Å². The van der Waals surface area contributed by atoms with E-state index in [4.69, 9.17) is 0 Å². The number of hydrogen-bond donors (Lipinski definition) is 2. The van der Waals surface area contributed by atoms with E-state index in [1.165, 1.54) is 6.07 Å². The molecule has 0 fully saturated rings. The van der Waals surface area contributed by atoms with Crippen molar-refractivity contribution in [3.8, 4) is 0 Å². The summed E-state index contributed by atoms with van der Waals surface area (Å²) >= 11 is 0. The molecule has 5 rings (SSSR count). The molecule has 6 nitrogen and oxygen atoms in total. The Kier molecular flexibility index (Phi) is 4.75. The third-order valence-electron chi connectivity index (χ3n) is 6.03. The smallest absolute Gasteiger partial charge is 0.274 e. The Morgan fingerprint density at radius 1 is 0.871 bits per heavy atom. The van der Waals surface area contributed by atoms with Crippen LogP contribution in [0.1, 0.15) is 29.5 Å². The number of ketones is 1. The number of benzene rings is 3. The molecule has 0 aromatic heterocycles. The fourth-order valence-corrected chi connectivity index (χ4v) is 4.59. The molecule has 3 atom stereocenters. The zero-order valence-electron chi connectivity index (χ0n) is 16.7. The summed E-state index contributed by atoms with van der Waals surface area (Å²) in [6, 6.07) is 23.7. The molecule has 6 heteroatoms. The van der Waals surface area contributed by atoms with E-state index >= 15 is 0 Å². The van der Waals surface area contributed by atoms with Crippen molar-refractivity contribution in [2.45, 2.75) is 18.4 Å². The van der Waals surface area contributed by atoms with Crippen molar-refractivity contribution in [2.75, 3.05) is 10.6 Å². The molecule has 2 aliphatic rings. The minimum absolute atomic E-state index is 0.0108. The van der Waals surface area contributed by atoms with Gasteiger partial charge in [-0.3, -0.25) is 14.9 Å². The Balaban J connectivity index is 1.67. The number of nitrogens with zero attached hydrogens (tertiary/aromatic N) is 1. The summed E-state index contributed by atoms with van der Waals surface area (Å²) in [5.74, 6) is -0.528. The van der Waals surface area contributed by atoms with Gasteiger partial charge < -0.3 is 10.6 Å². The molecule has 0 bridgehead atoms. The van der Waals surface area contributed by atoms with E-state index in [9.17, 15) is 14.9 Å². The van der Waals surface area contributed by atoms with E-state index in [1.54, 1.807) is 18.2 Å². The van der Waals surface area contributed by atoms with Gasteiger partial charge in [0.25, 0.3) is 5.69 Å². The second kappa shape index (κ2) is 7.72. The predicted molar refractivity (Wildman–Crippen MR) is 120 cm³/mol. The van der Waals surface area contributed by atoms with Gasteiger partial charge in [0.2, 0.25) is 0 Å². The second-order valence-electron chi connectivity index (χ2n) is 7.90. The van der Waals surface area contributed by atoms with Gasteiger partial charge in [0.05, 0.1) is 33.8 Å². The molecule has 0 saturated heterocycles. The molecule has 2 N–H and O–H groups in total. The number of allylic oxidation sites excluding steroid dienone is 1. The first-order valence-corrected chi connectivity index (χ1v) is 10.3. The van der Waals surface area contributed by atoms with Crippen LogP contribution in [0.2, 0.25) is 0 Å². The van der Waals surface area contributed by atoms with Crippen LogP contribution in [0.25, 0.3) is 0 Å². The zero-order chi connectivity index (χ0) is 21.4. The molecule has 3 unspecified atom stereocenters. The number of carbonyl (C=O) groups is 1. The standard InChI is InChI=1S/C25H21N3O3/c29-23-15-17(16-8-2-1-3-9-16)14-21-24(23)25(18-10-4-7-13-22(18)28(30)31)27-20-12-6-5-11-19(20)26-21/h1-14,17,24-27H,15H2. The summed E-state index contributed by atoms with van der Waals surface area (Å²) in [5.41, 5.74) is 4.04. The van der Waals surface area contributed by atoms with E-state index in [1.807, 2.05) is 54.6 Å². The molecule has 1 aliphatic carbocycles. The summed E-state index contributed by atoms with van der Waals surface area (Å²) in [7, 11) is 0. The van der Waals surface area contributed by atoms with E-state index in [0.29, 0.717) is 12.0 Å². The lowest BCUT2D eigenvalue weighted by Crippen LogP contribution is -2.34. The largest absolute Gasteiger partial charge is 0.375 e. The van der Waals surface area contributed by atoms with Gasteiger partial charge in [0.1, 0.15) is 5.78 Å². The summed E-state index contributed by atoms with van der Waals surface area (Å²) < 4.78 is 0. The highest BCUT2D eigenvalue weighted by atomic mass is 16.6. The molecule has 1 heterocycles. The minimum Gasteiger partial charge on any atom is -0.375 e. The first-order valence-electron chi connectivity index (χ1n) is 10.3. The van der Waals surface area contributed by atoms with Crippen LogP contribution >= 0.6 is 0 Å². The lowest BCUT2D eigenvalue weighted by atomic mass is 9.76. The molecule has 154 valence electrons. The van der Waals surface area contributed by atoms with Crippen molar-refractivity contribution in [1.82, 2.24) is 0 Å². The highest BCUT2D eigenvalue weighted by Gasteiger charge is 2.41. The topological polar surface area (TPSA) is 84.3 Å². The van der Waals surface area contributed by atoms with Crippen molar-refractivity contribution in [1.29, 1.82) is 0 Å². The van der Waals surface area contributed by atoms with Crippen LogP contribution in [-0.4, -0.2) is 10.7 Å². The summed E-state index contributed by atoms with van der Waals surface area (Å²) in [5, 5.41) is 18.6. The van der Waals surface area contributed by atoms with Gasteiger partial charge in [-0.15, -0.1) is 0 Å². The Labute approximate surface area is 179 Å². The average molecular weight is 411 g/mol. The van der Waals surface area contributed by atoms with Crippen LogP contribution in [0.5, 0.6) is 0 Å². The number of nitro groups is 1. The molecular formula is C25H21N3O3. The third kappa shape index (κ3) is 3.46. The third-order valence-corrected chi connectivity index (χ3v) is 6.03. The molecule has 31 heavy (non-hydrogen) atoms. The SMILES string of the molecule is O=C1CC(c2ccccc2)C=C2Nc3ccccc3NC(c3ccccc3[N+](=O)[O-])C12. The Morgan fingerprint density at radius 2 is 1.55 bits per heavy atom. The molecule has 0 amide bonds. The number of fused-ring (bicyclic) bond motifs is 2. The van der Waals surface area contributed by atoms with E-state index < -0.39 is 12.0 Å². The quantitative estimate of drug-likeness (QED) is 0.443.